The van der Waals surface area contributed by atoms with Gasteiger partial charge in [-0.2, -0.15) is 0 Å². The number of likely N-dealkylation sites (tertiary alicyclic amines) is 1. The standard InChI is InChI=1S/C22H27N5O2S/c28-19(27-13-11-26(12-14-27)10-9-25-7-3-4-8-25)15-30-22-21-20(23-16-24-22)17-5-1-2-6-18(17)29-21/h1-2,5-6,16H,3-4,7-15H2. The fourth-order valence-electron chi connectivity index (χ4n) is 4.34. The lowest BCUT2D eigenvalue weighted by Crippen LogP contribution is -2.50. The molecule has 30 heavy (non-hydrogen) atoms. The molecule has 3 aromatic rings. The van der Waals surface area contributed by atoms with Gasteiger partial charge in [-0.05, 0) is 38.1 Å². The molecule has 5 rings (SSSR count). The highest BCUT2D eigenvalue weighted by molar-refractivity contribution is 8.00. The van der Waals surface area contributed by atoms with Crippen molar-refractivity contribution in [3.8, 4) is 0 Å². The van der Waals surface area contributed by atoms with Crippen LogP contribution >= 0.6 is 11.8 Å². The Morgan fingerprint density at radius 1 is 0.967 bits per heavy atom. The molecular formula is C22H27N5O2S. The normalized spacial score (nSPS) is 18.6. The van der Waals surface area contributed by atoms with E-state index >= 15 is 0 Å². The molecule has 0 bridgehead atoms. The number of aromatic nitrogens is 2. The van der Waals surface area contributed by atoms with Crippen LogP contribution in [-0.4, -0.2) is 88.7 Å². The molecule has 4 heterocycles. The second kappa shape index (κ2) is 8.91. The number of benzene rings is 1. The zero-order valence-electron chi connectivity index (χ0n) is 17.1. The molecule has 0 N–H and O–H groups in total. The Kier molecular flexibility index (Phi) is 5.88. The van der Waals surface area contributed by atoms with Crippen molar-refractivity contribution in [3.05, 3.63) is 30.6 Å². The average molecular weight is 426 g/mol. The molecule has 1 amide bonds. The summed E-state index contributed by atoms with van der Waals surface area (Å²) in [5, 5.41) is 1.71. The predicted octanol–water partition coefficient (Wildman–Crippen LogP) is 2.71. The predicted molar refractivity (Wildman–Crippen MR) is 119 cm³/mol. The van der Waals surface area contributed by atoms with Crippen molar-refractivity contribution in [3.63, 3.8) is 0 Å². The van der Waals surface area contributed by atoms with Crippen LogP contribution in [0, 0.1) is 0 Å². The van der Waals surface area contributed by atoms with Crippen LogP contribution in [-0.2, 0) is 4.79 Å². The second-order valence-electron chi connectivity index (χ2n) is 8.01. The summed E-state index contributed by atoms with van der Waals surface area (Å²) in [4.78, 5) is 28.5. The van der Waals surface area contributed by atoms with Gasteiger partial charge < -0.3 is 14.2 Å². The van der Waals surface area contributed by atoms with Crippen LogP contribution in [0.15, 0.2) is 40.0 Å². The van der Waals surface area contributed by atoms with Gasteiger partial charge in [0, 0.05) is 44.7 Å². The molecule has 0 spiro atoms. The minimum Gasteiger partial charge on any atom is -0.451 e. The third-order valence-corrected chi connectivity index (χ3v) is 7.07. The topological polar surface area (TPSA) is 65.7 Å². The number of amides is 1. The monoisotopic (exact) mass is 425 g/mol. The number of thioether (sulfide) groups is 1. The van der Waals surface area contributed by atoms with Crippen LogP contribution in [0.4, 0.5) is 0 Å². The fourth-order valence-corrected chi connectivity index (χ4v) is 5.17. The Labute approximate surface area is 180 Å². The van der Waals surface area contributed by atoms with Gasteiger partial charge in [0.05, 0.1) is 5.75 Å². The highest BCUT2D eigenvalue weighted by Crippen LogP contribution is 2.32. The Hall–Kier alpha value is -2.16. The van der Waals surface area contributed by atoms with Gasteiger partial charge in [0.25, 0.3) is 0 Å². The van der Waals surface area contributed by atoms with Gasteiger partial charge in [0.2, 0.25) is 5.91 Å². The third-order valence-electron chi connectivity index (χ3n) is 6.11. The van der Waals surface area contributed by atoms with Gasteiger partial charge in [-0.25, -0.2) is 9.97 Å². The van der Waals surface area contributed by atoms with Gasteiger partial charge in [-0.3, -0.25) is 9.69 Å². The van der Waals surface area contributed by atoms with E-state index in [1.165, 1.54) is 37.7 Å². The highest BCUT2D eigenvalue weighted by Gasteiger charge is 2.23. The van der Waals surface area contributed by atoms with Gasteiger partial charge >= 0.3 is 0 Å². The van der Waals surface area contributed by atoms with Crippen molar-refractivity contribution >= 4 is 39.7 Å². The molecule has 0 atom stereocenters. The Morgan fingerprint density at radius 3 is 2.50 bits per heavy atom. The zero-order valence-corrected chi connectivity index (χ0v) is 17.9. The molecule has 2 fully saturated rings. The van der Waals surface area contributed by atoms with Gasteiger partial charge in [-0.1, -0.05) is 23.9 Å². The molecule has 0 aliphatic carbocycles. The summed E-state index contributed by atoms with van der Waals surface area (Å²) >= 11 is 1.44. The molecular weight excluding hydrogens is 398 g/mol. The molecule has 0 unspecified atom stereocenters. The van der Waals surface area contributed by atoms with Crippen LogP contribution in [0.25, 0.3) is 22.1 Å². The lowest BCUT2D eigenvalue weighted by Gasteiger charge is -2.35. The molecule has 2 aliphatic heterocycles. The van der Waals surface area contributed by atoms with Crippen LogP contribution in [0.5, 0.6) is 0 Å². The van der Waals surface area contributed by atoms with Crippen molar-refractivity contribution in [2.24, 2.45) is 0 Å². The molecule has 2 aromatic heterocycles. The van der Waals surface area contributed by atoms with Crippen molar-refractivity contribution in [2.75, 3.05) is 58.1 Å². The Bertz CT molecular complexity index is 1020. The number of carbonyl (C=O) groups excluding carboxylic acids is 1. The minimum absolute atomic E-state index is 0.169. The van der Waals surface area contributed by atoms with Gasteiger partial charge in [0.1, 0.15) is 22.5 Å². The maximum atomic E-state index is 12.8. The number of rotatable bonds is 6. The minimum atomic E-state index is 0.169. The molecule has 0 saturated carbocycles. The first-order valence-corrected chi connectivity index (χ1v) is 11.7. The van der Waals surface area contributed by atoms with Gasteiger partial charge in [-0.15, -0.1) is 0 Å². The first kappa shape index (κ1) is 19.8. The number of furan rings is 1. The van der Waals surface area contributed by atoms with Crippen molar-refractivity contribution in [1.82, 2.24) is 24.7 Å². The van der Waals surface area contributed by atoms with E-state index < -0.39 is 0 Å². The van der Waals surface area contributed by atoms with Crippen molar-refractivity contribution in [2.45, 2.75) is 17.9 Å². The molecule has 0 radical (unpaired) electrons. The number of fused-ring (bicyclic) bond motifs is 3. The summed E-state index contributed by atoms with van der Waals surface area (Å²) in [6.45, 7) is 8.31. The van der Waals surface area contributed by atoms with E-state index in [0.717, 1.165) is 60.8 Å². The third kappa shape index (κ3) is 4.17. The summed E-state index contributed by atoms with van der Waals surface area (Å²) in [6.07, 6.45) is 4.23. The fraction of sp³-hybridized carbons (Fsp3) is 0.500. The summed E-state index contributed by atoms with van der Waals surface area (Å²) in [5.41, 5.74) is 2.27. The van der Waals surface area contributed by atoms with E-state index in [0.29, 0.717) is 11.3 Å². The molecule has 2 saturated heterocycles. The van der Waals surface area contributed by atoms with Crippen LogP contribution in [0.1, 0.15) is 12.8 Å². The van der Waals surface area contributed by atoms with Crippen LogP contribution in [0.2, 0.25) is 0 Å². The summed E-state index contributed by atoms with van der Waals surface area (Å²) in [7, 11) is 0. The van der Waals surface area contributed by atoms with Crippen molar-refractivity contribution in [1.29, 1.82) is 0 Å². The number of piperazine rings is 1. The largest absolute Gasteiger partial charge is 0.451 e. The zero-order chi connectivity index (χ0) is 20.3. The van der Waals surface area contributed by atoms with E-state index in [2.05, 4.69) is 19.8 Å². The maximum absolute atomic E-state index is 12.8. The van der Waals surface area contributed by atoms with E-state index in [1.54, 1.807) is 6.33 Å². The molecule has 158 valence electrons. The Balaban J connectivity index is 1.15. The lowest BCUT2D eigenvalue weighted by atomic mass is 10.2. The summed E-state index contributed by atoms with van der Waals surface area (Å²) in [6, 6.07) is 7.84. The maximum Gasteiger partial charge on any atom is 0.233 e. The number of hydrogen-bond donors (Lipinski definition) is 0. The number of hydrogen-bond acceptors (Lipinski definition) is 7. The van der Waals surface area contributed by atoms with Crippen molar-refractivity contribution < 1.29 is 9.21 Å². The molecule has 7 nitrogen and oxygen atoms in total. The van der Waals surface area contributed by atoms with Crippen LogP contribution < -0.4 is 0 Å². The molecule has 2 aliphatic rings. The quantitative estimate of drug-likeness (QED) is 0.444. The van der Waals surface area contributed by atoms with E-state index in [-0.39, 0.29) is 5.91 Å². The highest BCUT2D eigenvalue weighted by atomic mass is 32.2. The Morgan fingerprint density at radius 2 is 1.70 bits per heavy atom. The molecule has 1 aromatic carbocycles. The first-order valence-electron chi connectivity index (χ1n) is 10.8. The number of nitrogens with zero attached hydrogens (tertiary/aromatic N) is 5. The SMILES string of the molecule is O=C(CSc1ncnc2c1oc1ccccc12)N1CCN(CCN2CCCC2)CC1. The van der Waals surface area contributed by atoms with Gasteiger partial charge in [0.15, 0.2) is 5.58 Å². The second-order valence-corrected chi connectivity index (χ2v) is 8.98. The van der Waals surface area contributed by atoms with E-state index in [4.69, 9.17) is 4.42 Å². The average Bonchev–Trinajstić information content (AvgIpc) is 3.44. The van der Waals surface area contributed by atoms with E-state index in [9.17, 15) is 4.79 Å². The van der Waals surface area contributed by atoms with E-state index in [1.807, 2.05) is 29.2 Å². The first-order chi connectivity index (χ1) is 14.8. The summed E-state index contributed by atoms with van der Waals surface area (Å²) in [5.74, 6) is 0.541. The summed E-state index contributed by atoms with van der Waals surface area (Å²) < 4.78 is 5.96. The lowest BCUT2D eigenvalue weighted by molar-refractivity contribution is -0.130. The number of para-hydroxylation sites is 1. The van der Waals surface area contributed by atoms with Crippen LogP contribution in [0.3, 0.4) is 0 Å². The smallest absolute Gasteiger partial charge is 0.233 e. The molecule has 8 heteroatoms. The number of carbonyl (C=O) groups is 1.